The Morgan fingerprint density at radius 2 is 1.92 bits per heavy atom. The number of ether oxygens (including phenoxy) is 1. The van der Waals surface area contributed by atoms with E-state index in [1.54, 1.807) is 0 Å². The number of amides is 1. The Hall–Kier alpha value is -2.39. The number of carbonyl (C=O) groups is 1. The molecule has 0 aliphatic carbocycles. The normalized spacial score (nSPS) is 19.1. The summed E-state index contributed by atoms with van der Waals surface area (Å²) in [6, 6.07) is 2.02. The molecule has 0 aromatic heterocycles. The average molecular weight is 348 g/mol. The molecule has 0 radical (unpaired) electrons. The van der Waals surface area contributed by atoms with Crippen molar-refractivity contribution in [2.45, 2.75) is 31.0 Å². The van der Waals surface area contributed by atoms with Gasteiger partial charge in [0.2, 0.25) is 5.82 Å². The van der Waals surface area contributed by atoms with Gasteiger partial charge in [-0.3, -0.25) is 14.9 Å². The third kappa shape index (κ3) is 2.76. The molecule has 0 unspecified atom stereocenters. The maximum Gasteiger partial charge on any atom is 0.471 e. The number of carbonyl (C=O) groups excluding carboxylic acids is 1. The number of likely N-dealkylation sites (tertiary alicyclic amines) is 1. The summed E-state index contributed by atoms with van der Waals surface area (Å²) in [6.07, 6.45) is -4.41. The van der Waals surface area contributed by atoms with Crippen molar-refractivity contribution < 1.29 is 32.0 Å². The first-order chi connectivity index (χ1) is 11.1. The summed E-state index contributed by atoms with van der Waals surface area (Å²) in [5, 5.41) is 10.8. The summed E-state index contributed by atoms with van der Waals surface area (Å²) in [5.74, 6) is -2.76. The van der Waals surface area contributed by atoms with E-state index in [4.69, 9.17) is 4.74 Å². The number of piperidine rings is 1. The van der Waals surface area contributed by atoms with Crippen molar-refractivity contribution in [1.29, 1.82) is 0 Å². The highest BCUT2D eigenvalue weighted by atomic mass is 19.4. The number of fused-ring (bicyclic) bond motifs is 1. The van der Waals surface area contributed by atoms with Crippen molar-refractivity contribution >= 4 is 11.6 Å². The fourth-order valence-electron chi connectivity index (χ4n) is 3.15. The zero-order valence-corrected chi connectivity index (χ0v) is 12.2. The molecule has 2 heterocycles. The van der Waals surface area contributed by atoms with Gasteiger partial charge in [0.25, 0.3) is 0 Å². The Labute approximate surface area is 133 Å². The van der Waals surface area contributed by atoms with Crippen molar-refractivity contribution in [3.63, 3.8) is 0 Å². The molecule has 0 saturated carbocycles. The van der Waals surface area contributed by atoms with E-state index in [0.29, 0.717) is 10.5 Å². The molecule has 0 bridgehead atoms. The van der Waals surface area contributed by atoms with Gasteiger partial charge in [-0.15, -0.1) is 0 Å². The summed E-state index contributed by atoms with van der Waals surface area (Å²) in [5.41, 5.74) is -1.08. The van der Waals surface area contributed by atoms with Crippen LogP contribution in [0.2, 0.25) is 0 Å². The number of nitrogens with zero attached hydrogens (tertiary/aromatic N) is 2. The number of hydrogen-bond acceptors (Lipinski definition) is 4. The second-order valence-corrected chi connectivity index (χ2v) is 5.92. The molecule has 10 heteroatoms. The smallest absolute Gasteiger partial charge is 0.471 e. The van der Waals surface area contributed by atoms with E-state index in [0.717, 1.165) is 12.1 Å². The van der Waals surface area contributed by atoms with Crippen LogP contribution < -0.4 is 4.74 Å². The van der Waals surface area contributed by atoms with Crippen LogP contribution in [0.25, 0.3) is 0 Å². The Morgan fingerprint density at radius 3 is 2.46 bits per heavy atom. The molecule has 0 N–H and O–H groups in total. The number of rotatable bonds is 1. The summed E-state index contributed by atoms with van der Waals surface area (Å²) in [4.78, 5) is 21.9. The molecular formula is C14H12F4N2O4. The maximum atomic E-state index is 13.7. The molecule has 24 heavy (non-hydrogen) atoms. The van der Waals surface area contributed by atoms with Crippen molar-refractivity contribution in [2.75, 3.05) is 13.1 Å². The van der Waals surface area contributed by atoms with Crippen molar-refractivity contribution in [3.8, 4) is 5.75 Å². The lowest BCUT2D eigenvalue weighted by atomic mass is 9.87. The fourth-order valence-corrected chi connectivity index (χ4v) is 3.15. The molecule has 1 aromatic rings. The van der Waals surface area contributed by atoms with E-state index >= 15 is 0 Å². The molecule has 1 amide bonds. The highest BCUT2D eigenvalue weighted by Gasteiger charge is 2.48. The quantitative estimate of drug-likeness (QED) is 0.444. The summed E-state index contributed by atoms with van der Waals surface area (Å²) >= 11 is 0. The largest absolute Gasteiger partial charge is 0.486 e. The standard InChI is InChI=1S/C14H12F4N2O4/c15-9-6-11-8(5-10(9)20(22)23)7-13(24-11)1-3-19(4-2-13)12(21)14(16,17)18/h5-6H,1-4,7H2. The van der Waals surface area contributed by atoms with Gasteiger partial charge in [0, 0.05) is 50.0 Å². The topological polar surface area (TPSA) is 72.7 Å². The molecule has 3 rings (SSSR count). The molecule has 2 aliphatic heterocycles. The lowest BCUT2D eigenvalue weighted by molar-refractivity contribution is -0.387. The van der Waals surface area contributed by atoms with E-state index in [2.05, 4.69) is 0 Å². The van der Waals surface area contributed by atoms with Crippen LogP contribution in [-0.4, -0.2) is 40.6 Å². The Bertz CT molecular complexity index is 711. The lowest BCUT2D eigenvalue weighted by Gasteiger charge is -2.38. The van der Waals surface area contributed by atoms with E-state index < -0.39 is 34.1 Å². The number of nitro benzene ring substituents is 1. The summed E-state index contributed by atoms with van der Waals surface area (Å²) in [7, 11) is 0. The minimum absolute atomic E-state index is 0.138. The van der Waals surface area contributed by atoms with Gasteiger partial charge in [-0.25, -0.2) is 0 Å². The Balaban J connectivity index is 1.75. The number of hydrogen-bond donors (Lipinski definition) is 0. The van der Waals surface area contributed by atoms with Crippen molar-refractivity contribution in [1.82, 2.24) is 4.90 Å². The molecule has 6 nitrogen and oxygen atoms in total. The SMILES string of the molecule is O=C(N1CCC2(CC1)Cc1cc([N+](=O)[O-])c(F)cc1O2)C(F)(F)F. The first kappa shape index (κ1) is 16.5. The highest BCUT2D eigenvalue weighted by Crippen LogP contribution is 2.43. The first-order valence-corrected chi connectivity index (χ1v) is 7.13. The molecule has 1 saturated heterocycles. The van der Waals surface area contributed by atoms with E-state index in [-0.39, 0.29) is 38.1 Å². The second kappa shape index (κ2) is 5.32. The van der Waals surface area contributed by atoms with Gasteiger partial charge in [-0.05, 0) is 0 Å². The number of nitro groups is 1. The number of halogens is 4. The number of alkyl halides is 3. The fraction of sp³-hybridized carbons (Fsp3) is 0.500. The highest BCUT2D eigenvalue weighted by molar-refractivity contribution is 5.82. The van der Waals surface area contributed by atoms with Gasteiger partial charge in [0.1, 0.15) is 11.4 Å². The van der Waals surface area contributed by atoms with Gasteiger partial charge in [0.15, 0.2) is 0 Å². The Kier molecular flexibility index (Phi) is 3.65. The molecule has 130 valence electrons. The van der Waals surface area contributed by atoms with Crippen LogP contribution in [0.5, 0.6) is 5.75 Å². The van der Waals surface area contributed by atoms with Crippen LogP contribution in [0.15, 0.2) is 12.1 Å². The molecule has 1 fully saturated rings. The van der Waals surface area contributed by atoms with Crippen LogP contribution in [0, 0.1) is 15.9 Å². The summed E-state index contributed by atoms with van der Waals surface area (Å²) < 4.78 is 56.7. The minimum Gasteiger partial charge on any atom is -0.486 e. The lowest BCUT2D eigenvalue weighted by Crippen LogP contribution is -2.52. The predicted molar refractivity (Wildman–Crippen MR) is 72.0 cm³/mol. The molecule has 1 spiro atoms. The van der Waals surface area contributed by atoms with Crippen molar-refractivity contribution in [2.24, 2.45) is 0 Å². The van der Waals surface area contributed by atoms with Crippen LogP contribution in [0.4, 0.5) is 23.2 Å². The minimum atomic E-state index is -4.92. The Morgan fingerprint density at radius 1 is 1.29 bits per heavy atom. The third-order valence-corrected chi connectivity index (χ3v) is 4.37. The first-order valence-electron chi connectivity index (χ1n) is 7.13. The zero-order chi connectivity index (χ0) is 17.7. The van der Waals surface area contributed by atoms with Crippen LogP contribution in [-0.2, 0) is 11.2 Å². The van der Waals surface area contributed by atoms with Crippen LogP contribution in [0.3, 0.4) is 0 Å². The van der Waals surface area contributed by atoms with Crippen LogP contribution in [0.1, 0.15) is 18.4 Å². The van der Waals surface area contributed by atoms with E-state index in [1.807, 2.05) is 0 Å². The maximum absolute atomic E-state index is 13.7. The van der Waals surface area contributed by atoms with Crippen molar-refractivity contribution in [3.05, 3.63) is 33.6 Å². The third-order valence-electron chi connectivity index (χ3n) is 4.37. The molecule has 2 aliphatic rings. The molecule has 1 aromatic carbocycles. The molecule has 0 atom stereocenters. The molecular weight excluding hydrogens is 336 g/mol. The van der Waals surface area contributed by atoms with Gasteiger partial charge >= 0.3 is 17.8 Å². The monoisotopic (exact) mass is 348 g/mol. The predicted octanol–water partition coefficient (Wildman–Crippen LogP) is 2.59. The van der Waals surface area contributed by atoms with Gasteiger partial charge in [-0.2, -0.15) is 17.6 Å². The zero-order valence-electron chi connectivity index (χ0n) is 12.2. The van der Waals surface area contributed by atoms with Gasteiger partial charge in [-0.1, -0.05) is 0 Å². The van der Waals surface area contributed by atoms with Gasteiger partial charge < -0.3 is 9.64 Å². The second-order valence-electron chi connectivity index (χ2n) is 5.92. The average Bonchev–Trinajstić information content (AvgIpc) is 2.82. The summed E-state index contributed by atoms with van der Waals surface area (Å²) in [6.45, 7) is -0.284. The van der Waals surface area contributed by atoms with Gasteiger partial charge in [0.05, 0.1) is 4.92 Å². The van der Waals surface area contributed by atoms with Crippen LogP contribution >= 0.6 is 0 Å². The van der Waals surface area contributed by atoms with E-state index in [9.17, 15) is 32.5 Å². The number of benzene rings is 1. The van der Waals surface area contributed by atoms with E-state index in [1.165, 1.54) is 0 Å².